The van der Waals surface area contributed by atoms with Crippen molar-refractivity contribution in [1.29, 1.82) is 5.41 Å². The van der Waals surface area contributed by atoms with E-state index in [4.69, 9.17) is 5.41 Å². The number of hydrogen-bond donors (Lipinski definition) is 2. The van der Waals surface area contributed by atoms with Crippen LogP contribution in [0.4, 0.5) is 10.1 Å². The first-order valence-electron chi connectivity index (χ1n) is 8.10. The first-order valence-corrected chi connectivity index (χ1v) is 8.10. The number of benzene rings is 2. The van der Waals surface area contributed by atoms with Crippen LogP contribution in [0, 0.1) is 11.2 Å². The SMILES string of the molecule is CCn1c(C2=C(O)CN(c3ccc(F)cc3)C2=N)nc2ccccc21. The molecule has 0 saturated carbocycles. The summed E-state index contributed by atoms with van der Waals surface area (Å²) in [4.78, 5) is 6.27. The molecular weight excluding hydrogens is 319 g/mol. The molecule has 1 aromatic heterocycles. The third-order valence-electron chi connectivity index (χ3n) is 4.44. The van der Waals surface area contributed by atoms with Gasteiger partial charge in [0.15, 0.2) is 0 Å². The van der Waals surface area contributed by atoms with Crippen LogP contribution in [0.1, 0.15) is 12.7 Å². The molecule has 0 aliphatic carbocycles. The lowest BCUT2D eigenvalue weighted by molar-refractivity contribution is 0.411. The van der Waals surface area contributed by atoms with Crippen LogP contribution in [0.2, 0.25) is 0 Å². The quantitative estimate of drug-likeness (QED) is 0.761. The van der Waals surface area contributed by atoms with Crippen molar-refractivity contribution in [2.75, 3.05) is 11.4 Å². The van der Waals surface area contributed by atoms with Crippen molar-refractivity contribution in [3.05, 3.63) is 65.9 Å². The van der Waals surface area contributed by atoms with Gasteiger partial charge >= 0.3 is 0 Å². The molecule has 1 aliphatic heterocycles. The Morgan fingerprint density at radius 3 is 2.60 bits per heavy atom. The Labute approximate surface area is 144 Å². The highest BCUT2D eigenvalue weighted by atomic mass is 19.1. The van der Waals surface area contributed by atoms with E-state index in [1.54, 1.807) is 17.0 Å². The van der Waals surface area contributed by atoms with Crippen molar-refractivity contribution >= 4 is 28.1 Å². The first kappa shape index (κ1) is 15.4. The molecule has 0 bridgehead atoms. The molecule has 1 aliphatic rings. The molecule has 0 fully saturated rings. The predicted octanol–water partition coefficient (Wildman–Crippen LogP) is 3.96. The van der Waals surface area contributed by atoms with Gasteiger partial charge in [0.05, 0.1) is 23.2 Å². The zero-order valence-electron chi connectivity index (χ0n) is 13.7. The van der Waals surface area contributed by atoms with Gasteiger partial charge < -0.3 is 14.6 Å². The van der Waals surface area contributed by atoms with Gasteiger partial charge in [0.2, 0.25) is 0 Å². The Bertz CT molecular complexity index is 1000. The summed E-state index contributed by atoms with van der Waals surface area (Å²) in [7, 11) is 0. The summed E-state index contributed by atoms with van der Waals surface area (Å²) in [5.41, 5.74) is 2.87. The maximum Gasteiger partial charge on any atom is 0.148 e. The zero-order chi connectivity index (χ0) is 17.6. The Hall–Kier alpha value is -3.15. The molecule has 0 saturated heterocycles. The van der Waals surface area contributed by atoms with E-state index in [0.717, 1.165) is 11.0 Å². The minimum absolute atomic E-state index is 0.0966. The van der Waals surface area contributed by atoms with Gasteiger partial charge in [-0.25, -0.2) is 9.37 Å². The molecule has 4 rings (SSSR count). The lowest BCUT2D eigenvalue weighted by atomic mass is 10.2. The Balaban J connectivity index is 1.79. The first-order chi connectivity index (χ1) is 12.1. The number of fused-ring (bicyclic) bond motifs is 1. The monoisotopic (exact) mass is 336 g/mol. The number of halogens is 1. The van der Waals surface area contributed by atoms with E-state index in [-0.39, 0.29) is 24.0 Å². The fourth-order valence-electron chi connectivity index (χ4n) is 3.24. The van der Waals surface area contributed by atoms with Crippen molar-refractivity contribution in [3.63, 3.8) is 0 Å². The number of rotatable bonds is 3. The summed E-state index contributed by atoms with van der Waals surface area (Å²) in [6.07, 6.45) is 0. The summed E-state index contributed by atoms with van der Waals surface area (Å²) in [6, 6.07) is 13.6. The van der Waals surface area contributed by atoms with Crippen LogP contribution < -0.4 is 4.90 Å². The van der Waals surface area contributed by atoms with Crippen LogP contribution in [0.3, 0.4) is 0 Å². The van der Waals surface area contributed by atoms with E-state index >= 15 is 0 Å². The normalized spacial score (nSPS) is 14.8. The fourth-order valence-corrected chi connectivity index (χ4v) is 3.24. The maximum absolute atomic E-state index is 13.2. The zero-order valence-corrected chi connectivity index (χ0v) is 13.7. The van der Waals surface area contributed by atoms with Crippen molar-refractivity contribution in [3.8, 4) is 0 Å². The average molecular weight is 336 g/mol. The van der Waals surface area contributed by atoms with Crippen LogP contribution in [-0.4, -0.2) is 27.0 Å². The highest BCUT2D eigenvalue weighted by Crippen LogP contribution is 2.32. The van der Waals surface area contributed by atoms with E-state index in [2.05, 4.69) is 4.98 Å². The molecule has 2 heterocycles. The number of aryl methyl sites for hydroxylation is 1. The molecule has 2 aromatic carbocycles. The smallest absolute Gasteiger partial charge is 0.148 e. The van der Waals surface area contributed by atoms with Crippen molar-refractivity contribution < 1.29 is 9.50 Å². The number of nitrogens with one attached hydrogen (secondary N) is 1. The molecule has 3 aromatic rings. The summed E-state index contributed by atoms with van der Waals surface area (Å²) in [6.45, 7) is 2.86. The lowest BCUT2D eigenvalue weighted by Crippen LogP contribution is -2.26. The highest BCUT2D eigenvalue weighted by Gasteiger charge is 2.32. The van der Waals surface area contributed by atoms with E-state index in [9.17, 15) is 9.50 Å². The average Bonchev–Trinajstić information content (AvgIpc) is 3.12. The number of aromatic nitrogens is 2. The summed E-state index contributed by atoms with van der Waals surface area (Å²) < 4.78 is 15.2. The summed E-state index contributed by atoms with van der Waals surface area (Å²) >= 11 is 0. The maximum atomic E-state index is 13.2. The molecule has 126 valence electrons. The second-order valence-corrected chi connectivity index (χ2v) is 5.90. The standard InChI is InChI=1S/C19H17FN4O/c1-2-23-15-6-4-3-5-14(15)22-19(23)17-16(25)11-24(18(17)21)13-9-7-12(20)8-10-13/h3-10,21,25H,2,11H2,1H3. The van der Waals surface area contributed by atoms with Crippen LogP contribution in [-0.2, 0) is 6.54 Å². The van der Waals surface area contributed by atoms with E-state index < -0.39 is 0 Å². The van der Waals surface area contributed by atoms with Gasteiger partial charge in [-0.15, -0.1) is 0 Å². The molecule has 0 amide bonds. The Morgan fingerprint density at radius 2 is 1.88 bits per heavy atom. The van der Waals surface area contributed by atoms with Crippen LogP contribution in [0.25, 0.3) is 16.6 Å². The molecule has 2 N–H and O–H groups in total. The predicted molar refractivity (Wildman–Crippen MR) is 96.4 cm³/mol. The van der Waals surface area contributed by atoms with Gasteiger partial charge in [0, 0.05) is 12.2 Å². The van der Waals surface area contributed by atoms with Gasteiger partial charge in [-0.3, -0.25) is 5.41 Å². The largest absolute Gasteiger partial charge is 0.509 e. The molecule has 25 heavy (non-hydrogen) atoms. The van der Waals surface area contributed by atoms with Gasteiger partial charge in [-0.1, -0.05) is 12.1 Å². The van der Waals surface area contributed by atoms with Crippen LogP contribution in [0.5, 0.6) is 0 Å². The molecular formula is C19H17FN4O. The Morgan fingerprint density at radius 1 is 1.16 bits per heavy atom. The molecule has 5 nitrogen and oxygen atoms in total. The van der Waals surface area contributed by atoms with Crippen molar-refractivity contribution in [2.45, 2.75) is 13.5 Å². The number of hydrogen-bond acceptors (Lipinski definition) is 3. The number of aliphatic hydroxyl groups is 1. The van der Waals surface area contributed by atoms with Crippen molar-refractivity contribution in [2.24, 2.45) is 0 Å². The van der Waals surface area contributed by atoms with Gasteiger partial charge in [-0.05, 0) is 43.3 Å². The highest BCUT2D eigenvalue weighted by molar-refractivity contribution is 6.30. The van der Waals surface area contributed by atoms with Crippen LogP contribution in [0.15, 0.2) is 54.3 Å². The number of para-hydroxylation sites is 2. The summed E-state index contributed by atoms with van der Waals surface area (Å²) in [5.74, 6) is 0.504. The molecule has 6 heteroatoms. The van der Waals surface area contributed by atoms with Gasteiger partial charge in [-0.2, -0.15) is 0 Å². The van der Waals surface area contributed by atoms with Gasteiger partial charge in [0.25, 0.3) is 0 Å². The number of aliphatic hydroxyl groups excluding tert-OH is 1. The molecule has 0 atom stereocenters. The molecule has 0 unspecified atom stereocenters. The number of anilines is 1. The second kappa shape index (κ2) is 5.73. The summed E-state index contributed by atoms with van der Waals surface area (Å²) in [5, 5.41) is 19.0. The van der Waals surface area contributed by atoms with E-state index in [0.29, 0.717) is 23.6 Å². The lowest BCUT2D eigenvalue weighted by Gasteiger charge is -2.18. The molecule has 0 spiro atoms. The molecule has 0 radical (unpaired) electrons. The van der Waals surface area contributed by atoms with Crippen LogP contribution >= 0.6 is 0 Å². The second-order valence-electron chi connectivity index (χ2n) is 5.90. The van der Waals surface area contributed by atoms with E-state index in [1.165, 1.54) is 12.1 Å². The van der Waals surface area contributed by atoms with Crippen molar-refractivity contribution in [1.82, 2.24) is 9.55 Å². The van der Waals surface area contributed by atoms with E-state index in [1.807, 2.05) is 35.8 Å². The topological polar surface area (TPSA) is 65.1 Å². The fraction of sp³-hybridized carbons (Fsp3) is 0.158. The minimum atomic E-state index is -0.334. The number of imidazole rings is 1. The third-order valence-corrected chi connectivity index (χ3v) is 4.44. The Kier molecular flexibility index (Phi) is 3.53. The van der Waals surface area contributed by atoms with Gasteiger partial charge in [0.1, 0.15) is 23.2 Å². The third kappa shape index (κ3) is 2.38. The number of amidine groups is 1. The minimum Gasteiger partial charge on any atom is -0.509 e. The number of nitrogens with zero attached hydrogens (tertiary/aromatic N) is 3.